The van der Waals surface area contributed by atoms with Gasteiger partial charge >= 0.3 is 5.97 Å². The number of nitrogens with one attached hydrogen (secondary N) is 7. The molecule has 0 aliphatic carbocycles. The number of ether oxygens (including phenoxy) is 1. The molecule has 0 bridgehead atoms. The third-order valence-corrected chi connectivity index (χ3v) is 8.53. The summed E-state index contributed by atoms with van der Waals surface area (Å²) in [6, 6.07) is 17.0. The summed E-state index contributed by atoms with van der Waals surface area (Å²) in [5.41, 5.74) is 1.63. The third kappa shape index (κ3) is 25.6. The first kappa shape index (κ1) is 51.4. The zero-order chi connectivity index (χ0) is 44.9. The van der Waals surface area contributed by atoms with E-state index in [1.165, 1.54) is 6.92 Å². The zero-order valence-corrected chi connectivity index (χ0v) is 34.6. The molecule has 19 nitrogen and oxygen atoms in total. The van der Waals surface area contributed by atoms with Crippen LogP contribution in [0, 0.1) is 0 Å². The van der Waals surface area contributed by atoms with Crippen LogP contribution in [0.3, 0.4) is 0 Å². The van der Waals surface area contributed by atoms with Crippen molar-refractivity contribution in [2.75, 3.05) is 57.4 Å². The number of Topliss-reactive ketones (excluding diaryl/α,β-unsaturated/α-hetero) is 1. The standard InChI is InChI=1S/C21H25N3O7S.C18H22N4O5S/c1-14(2)20(29)31-9-8-16(25)10-22-17(26)11-23-18(27)12-24-19(28)13-32-21(30)15-6-4-3-5-7-15;1-12(2)22-16(25)10-20-14(23)8-19-15(24)9-21-17(26)11-28-18(27)13-6-4-3-5-7-13/h3-7H,1,8-13H2,2H3,(H,22,26)(H,23,27)(H,24,28);3-7H,1,8-11H2,2H3,(H,19,24)(H,20,23)(H,21,26)(H,22,25). The Morgan fingerprint density at radius 1 is 0.500 bits per heavy atom. The van der Waals surface area contributed by atoms with Crippen molar-refractivity contribution in [1.82, 2.24) is 37.2 Å². The number of hydrogen-bond donors (Lipinski definition) is 7. The van der Waals surface area contributed by atoms with Crippen LogP contribution in [0.1, 0.15) is 41.0 Å². The summed E-state index contributed by atoms with van der Waals surface area (Å²) >= 11 is 1.64. The van der Waals surface area contributed by atoms with E-state index < -0.39 is 47.3 Å². The number of amides is 7. The number of hydrogen-bond acceptors (Lipinski definition) is 14. The van der Waals surface area contributed by atoms with Gasteiger partial charge in [0.25, 0.3) is 0 Å². The van der Waals surface area contributed by atoms with Crippen LogP contribution in [0.5, 0.6) is 0 Å². The van der Waals surface area contributed by atoms with Gasteiger partial charge in [0.2, 0.25) is 51.6 Å². The van der Waals surface area contributed by atoms with E-state index in [4.69, 9.17) is 4.74 Å². The molecular formula is C39H47N7O12S2. The van der Waals surface area contributed by atoms with Gasteiger partial charge in [-0.1, -0.05) is 97.3 Å². The van der Waals surface area contributed by atoms with Crippen LogP contribution in [0.15, 0.2) is 85.1 Å². The van der Waals surface area contributed by atoms with Crippen LogP contribution in [-0.4, -0.2) is 121 Å². The van der Waals surface area contributed by atoms with E-state index in [0.717, 1.165) is 23.5 Å². The molecule has 2 rings (SSSR count). The van der Waals surface area contributed by atoms with E-state index in [-0.39, 0.29) is 85.4 Å². The molecule has 7 N–H and O–H groups in total. The Labute approximate surface area is 354 Å². The third-order valence-electron chi connectivity index (χ3n) is 6.72. The number of benzene rings is 2. The smallest absolute Gasteiger partial charge is 0.333 e. The SMILES string of the molecule is C=C(C)C(=O)OCCC(=O)CNC(=O)CNC(=O)CNC(=O)CSC(=O)c1ccccc1.C=C(C)NC(=O)CNC(=O)CNC(=O)CNC(=O)CSC(=O)c1ccccc1. The van der Waals surface area contributed by atoms with Gasteiger partial charge in [0.15, 0.2) is 5.78 Å². The molecule has 0 radical (unpaired) electrons. The van der Waals surface area contributed by atoms with Crippen LogP contribution in [-0.2, 0) is 47.9 Å². The molecule has 0 fully saturated rings. The lowest BCUT2D eigenvalue weighted by molar-refractivity contribution is -0.140. The predicted molar refractivity (Wildman–Crippen MR) is 223 cm³/mol. The summed E-state index contributed by atoms with van der Waals surface area (Å²) in [5, 5.41) is 15.9. The lowest BCUT2D eigenvalue weighted by Crippen LogP contribution is -2.44. The van der Waals surface area contributed by atoms with Crippen LogP contribution in [0.25, 0.3) is 0 Å². The van der Waals surface area contributed by atoms with Crippen molar-refractivity contribution in [2.24, 2.45) is 0 Å². The summed E-state index contributed by atoms with van der Waals surface area (Å²) in [6.07, 6.45) is -0.0670. The zero-order valence-electron chi connectivity index (χ0n) is 33.0. The molecular weight excluding hydrogens is 823 g/mol. The average molecular weight is 870 g/mol. The Morgan fingerprint density at radius 3 is 1.22 bits per heavy atom. The normalized spacial score (nSPS) is 9.83. The summed E-state index contributed by atoms with van der Waals surface area (Å²) in [5.74, 6) is -4.97. The molecule has 0 spiro atoms. The van der Waals surface area contributed by atoms with E-state index >= 15 is 0 Å². The lowest BCUT2D eigenvalue weighted by atomic mass is 10.2. The number of thioether (sulfide) groups is 2. The monoisotopic (exact) mass is 869 g/mol. The van der Waals surface area contributed by atoms with Crippen molar-refractivity contribution in [3.63, 3.8) is 0 Å². The van der Waals surface area contributed by atoms with Gasteiger partial charge in [0, 0.05) is 28.8 Å². The second-order valence-corrected chi connectivity index (χ2v) is 14.0. The minimum atomic E-state index is -0.606. The second kappa shape index (κ2) is 29.6. The van der Waals surface area contributed by atoms with Gasteiger partial charge in [0.05, 0.1) is 57.4 Å². The molecule has 21 heteroatoms. The van der Waals surface area contributed by atoms with Gasteiger partial charge in [-0.25, -0.2) is 4.79 Å². The minimum absolute atomic E-state index is 0.0670. The average Bonchev–Trinajstić information content (AvgIpc) is 3.23. The van der Waals surface area contributed by atoms with E-state index in [1.807, 2.05) is 0 Å². The number of esters is 1. The van der Waals surface area contributed by atoms with Crippen molar-refractivity contribution in [1.29, 1.82) is 0 Å². The van der Waals surface area contributed by atoms with Gasteiger partial charge in [-0.15, -0.1) is 0 Å². The first-order valence-electron chi connectivity index (χ1n) is 17.8. The Hall–Kier alpha value is -6.61. The number of carbonyl (C=O) groups excluding carboxylic acids is 11. The molecule has 0 aliphatic heterocycles. The largest absolute Gasteiger partial charge is 0.462 e. The second-order valence-electron chi connectivity index (χ2n) is 12.1. The summed E-state index contributed by atoms with van der Waals surface area (Å²) in [6.45, 7) is 7.94. The summed E-state index contributed by atoms with van der Waals surface area (Å²) < 4.78 is 4.78. The van der Waals surface area contributed by atoms with Crippen molar-refractivity contribution in [2.45, 2.75) is 20.3 Å². The van der Waals surface area contributed by atoms with E-state index in [1.54, 1.807) is 67.6 Å². The van der Waals surface area contributed by atoms with Gasteiger partial charge in [-0.3, -0.25) is 47.9 Å². The van der Waals surface area contributed by atoms with Crippen molar-refractivity contribution in [3.05, 3.63) is 96.2 Å². The molecule has 0 saturated carbocycles. The van der Waals surface area contributed by atoms with Crippen LogP contribution >= 0.6 is 23.5 Å². The molecule has 322 valence electrons. The highest BCUT2D eigenvalue weighted by atomic mass is 32.2. The molecule has 2 aromatic carbocycles. The molecule has 0 aromatic heterocycles. The van der Waals surface area contributed by atoms with Crippen LogP contribution < -0.4 is 37.2 Å². The fourth-order valence-electron chi connectivity index (χ4n) is 3.77. The van der Waals surface area contributed by atoms with Crippen LogP contribution in [0.4, 0.5) is 0 Å². The Morgan fingerprint density at radius 2 is 0.850 bits per heavy atom. The first-order chi connectivity index (χ1) is 28.5. The molecule has 2 aromatic rings. The summed E-state index contributed by atoms with van der Waals surface area (Å²) in [7, 11) is 0. The minimum Gasteiger partial charge on any atom is -0.462 e. The van der Waals surface area contributed by atoms with E-state index in [0.29, 0.717) is 16.8 Å². The van der Waals surface area contributed by atoms with Gasteiger partial charge in [0.1, 0.15) is 0 Å². The molecule has 0 atom stereocenters. The number of ketones is 1. The van der Waals surface area contributed by atoms with Gasteiger partial charge < -0.3 is 42.0 Å². The maximum Gasteiger partial charge on any atom is 0.333 e. The highest BCUT2D eigenvalue weighted by molar-refractivity contribution is 8.14. The Bertz CT molecular complexity index is 1890. The first-order valence-corrected chi connectivity index (χ1v) is 19.8. The number of allylic oxidation sites excluding steroid dienone is 1. The molecule has 0 aliphatic rings. The fourth-order valence-corrected chi connectivity index (χ4v) is 5.11. The maximum atomic E-state index is 11.9. The molecule has 0 unspecified atom stereocenters. The van der Waals surface area contributed by atoms with E-state index in [9.17, 15) is 52.7 Å². The van der Waals surface area contributed by atoms with Gasteiger partial charge in [-0.05, 0) is 13.8 Å². The van der Waals surface area contributed by atoms with Crippen molar-refractivity contribution < 1.29 is 57.5 Å². The molecule has 0 heterocycles. The van der Waals surface area contributed by atoms with Crippen molar-refractivity contribution in [3.8, 4) is 0 Å². The van der Waals surface area contributed by atoms with Crippen molar-refractivity contribution >= 4 is 86.9 Å². The topological polar surface area (TPSA) is 281 Å². The Kier molecular flexibility index (Phi) is 25.3. The van der Waals surface area contributed by atoms with Gasteiger partial charge in [-0.2, -0.15) is 0 Å². The van der Waals surface area contributed by atoms with E-state index in [2.05, 4.69) is 50.4 Å². The molecule has 0 saturated heterocycles. The maximum absolute atomic E-state index is 11.9. The predicted octanol–water partition coefficient (Wildman–Crippen LogP) is -0.454. The highest BCUT2D eigenvalue weighted by Crippen LogP contribution is 2.12. The number of carbonyl (C=O) groups is 11. The quantitative estimate of drug-likeness (QED) is 0.0551. The number of rotatable bonds is 23. The molecule has 7 amide bonds. The summed E-state index contributed by atoms with van der Waals surface area (Å²) in [4.78, 5) is 128. The Balaban J connectivity index is 0.000000605. The molecule has 60 heavy (non-hydrogen) atoms. The lowest BCUT2D eigenvalue weighted by Gasteiger charge is -2.08. The van der Waals surface area contributed by atoms with Crippen LogP contribution in [0.2, 0.25) is 0 Å². The highest BCUT2D eigenvalue weighted by Gasteiger charge is 2.14. The fraction of sp³-hybridized carbons (Fsp3) is 0.308.